The number of nitrogens with one attached hydrogen (secondary N) is 1. The first-order valence-electron chi connectivity index (χ1n) is 5.54. The molecular formula is C11H15NO6S. The minimum atomic E-state index is -4.53. The maximum Gasteiger partial charge on any atom is 0.356 e. The summed E-state index contributed by atoms with van der Waals surface area (Å²) in [6.07, 6.45) is 0.542. The summed E-state index contributed by atoms with van der Waals surface area (Å²) in [5, 5.41) is 0. The topological polar surface area (TPSA) is 102 Å². The summed E-state index contributed by atoms with van der Waals surface area (Å²) in [5.41, 5.74) is 0.313. The Kier molecular flexibility index (Phi) is 5.90. The van der Waals surface area contributed by atoms with E-state index in [-0.39, 0.29) is 12.2 Å². The number of benzene rings is 1. The van der Waals surface area contributed by atoms with Gasteiger partial charge in [0.05, 0.1) is 5.56 Å². The summed E-state index contributed by atoms with van der Waals surface area (Å²) >= 11 is 0. The molecule has 0 aromatic heterocycles. The maximum atomic E-state index is 11.5. The molecule has 0 saturated carbocycles. The van der Waals surface area contributed by atoms with Crippen LogP contribution in [0.1, 0.15) is 23.7 Å². The summed E-state index contributed by atoms with van der Waals surface area (Å²) in [5.74, 6) is -0.783. The molecule has 0 spiro atoms. The molecule has 0 bridgehead atoms. The SMILES string of the molecule is CCCOC(NOC(=O)c1ccccc1)S(=O)(=O)O. The summed E-state index contributed by atoms with van der Waals surface area (Å²) in [6, 6.07) is 7.98. The van der Waals surface area contributed by atoms with Crippen LogP contribution in [0.15, 0.2) is 30.3 Å². The molecule has 0 aliphatic rings. The van der Waals surface area contributed by atoms with Crippen LogP contribution in [0.5, 0.6) is 0 Å². The van der Waals surface area contributed by atoms with Gasteiger partial charge in [-0.15, -0.1) is 5.48 Å². The normalized spacial score (nSPS) is 12.9. The van der Waals surface area contributed by atoms with Crippen LogP contribution in [0.3, 0.4) is 0 Å². The third-order valence-corrected chi connectivity index (χ3v) is 2.77. The van der Waals surface area contributed by atoms with Crippen molar-refractivity contribution in [2.24, 2.45) is 0 Å². The number of hydrogen-bond donors (Lipinski definition) is 2. The van der Waals surface area contributed by atoms with Gasteiger partial charge in [0.1, 0.15) is 0 Å². The molecule has 1 atom stereocenters. The van der Waals surface area contributed by atoms with Crippen molar-refractivity contribution >= 4 is 16.1 Å². The van der Waals surface area contributed by atoms with Gasteiger partial charge in [-0.1, -0.05) is 25.1 Å². The Bertz CT molecular complexity index is 501. The Morgan fingerprint density at radius 3 is 2.53 bits per heavy atom. The molecule has 1 rings (SSSR count). The molecule has 0 aliphatic heterocycles. The number of hydrogen-bond acceptors (Lipinski definition) is 6. The lowest BCUT2D eigenvalue weighted by molar-refractivity contribution is -0.0349. The fourth-order valence-electron chi connectivity index (χ4n) is 1.14. The molecule has 106 valence electrons. The molecule has 0 amide bonds. The van der Waals surface area contributed by atoms with Gasteiger partial charge in [-0.2, -0.15) is 8.42 Å². The van der Waals surface area contributed by atoms with Crippen molar-refractivity contribution in [1.29, 1.82) is 0 Å². The van der Waals surface area contributed by atoms with E-state index in [2.05, 4.69) is 4.84 Å². The van der Waals surface area contributed by atoms with Gasteiger partial charge in [0, 0.05) is 6.61 Å². The van der Waals surface area contributed by atoms with Crippen molar-refractivity contribution in [3.63, 3.8) is 0 Å². The van der Waals surface area contributed by atoms with Crippen LogP contribution in [0.4, 0.5) is 0 Å². The monoisotopic (exact) mass is 289 g/mol. The van der Waals surface area contributed by atoms with E-state index in [0.29, 0.717) is 6.42 Å². The van der Waals surface area contributed by atoms with Crippen LogP contribution in [-0.2, 0) is 19.7 Å². The molecule has 19 heavy (non-hydrogen) atoms. The van der Waals surface area contributed by atoms with Gasteiger partial charge in [0.25, 0.3) is 5.56 Å². The van der Waals surface area contributed by atoms with Crippen LogP contribution < -0.4 is 5.48 Å². The van der Waals surface area contributed by atoms with Crippen LogP contribution in [0.25, 0.3) is 0 Å². The largest absolute Gasteiger partial charge is 0.363 e. The lowest BCUT2D eigenvalue weighted by Gasteiger charge is -2.15. The number of rotatable bonds is 7. The fourth-order valence-corrected chi connectivity index (χ4v) is 1.58. The van der Waals surface area contributed by atoms with Crippen molar-refractivity contribution in [2.45, 2.75) is 18.9 Å². The van der Waals surface area contributed by atoms with Gasteiger partial charge < -0.3 is 9.57 Å². The number of hydroxylamine groups is 1. The molecule has 1 aromatic rings. The first kappa shape index (κ1) is 15.6. The number of carbonyl (C=O) groups is 1. The fraction of sp³-hybridized carbons (Fsp3) is 0.364. The van der Waals surface area contributed by atoms with Gasteiger partial charge in [-0.05, 0) is 18.6 Å². The minimum absolute atomic E-state index is 0.0837. The van der Waals surface area contributed by atoms with E-state index < -0.39 is 21.6 Å². The zero-order chi connectivity index (χ0) is 14.3. The highest BCUT2D eigenvalue weighted by atomic mass is 32.2. The van der Waals surface area contributed by atoms with Crippen molar-refractivity contribution in [1.82, 2.24) is 5.48 Å². The summed E-state index contributed by atoms with van der Waals surface area (Å²) in [4.78, 5) is 16.1. The third kappa shape index (κ3) is 5.35. The predicted octanol–water partition coefficient (Wildman–Crippen LogP) is 0.946. The van der Waals surface area contributed by atoms with Gasteiger partial charge in [-0.25, -0.2) is 4.79 Å². The summed E-state index contributed by atoms with van der Waals surface area (Å²) in [7, 11) is -4.53. The van der Waals surface area contributed by atoms with Crippen LogP contribution >= 0.6 is 0 Å². The molecule has 8 heteroatoms. The Balaban J connectivity index is 2.59. The van der Waals surface area contributed by atoms with Crippen molar-refractivity contribution in [3.05, 3.63) is 35.9 Å². The zero-order valence-corrected chi connectivity index (χ0v) is 11.1. The van der Waals surface area contributed by atoms with E-state index in [4.69, 9.17) is 9.29 Å². The molecular weight excluding hydrogens is 274 g/mol. The van der Waals surface area contributed by atoms with Gasteiger partial charge in [0.2, 0.25) is 0 Å². The van der Waals surface area contributed by atoms with Gasteiger partial charge >= 0.3 is 16.1 Å². The van der Waals surface area contributed by atoms with Crippen molar-refractivity contribution in [3.8, 4) is 0 Å². The first-order valence-corrected chi connectivity index (χ1v) is 7.05. The van der Waals surface area contributed by atoms with E-state index in [9.17, 15) is 13.2 Å². The summed E-state index contributed by atoms with van der Waals surface area (Å²) < 4.78 is 35.6. The molecule has 1 unspecified atom stereocenters. The van der Waals surface area contributed by atoms with Crippen LogP contribution in [0.2, 0.25) is 0 Å². The highest BCUT2D eigenvalue weighted by Gasteiger charge is 2.25. The average Bonchev–Trinajstić information content (AvgIpc) is 2.38. The maximum absolute atomic E-state index is 11.5. The Morgan fingerprint density at radius 2 is 2.00 bits per heavy atom. The predicted molar refractivity (Wildman–Crippen MR) is 66.6 cm³/mol. The Labute approximate surface area is 111 Å². The van der Waals surface area contributed by atoms with Gasteiger partial charge in [-0.3, -0.25) is 4.55 Å². The van der Waals surface area contributed by atoms with E-state index in [1.54, 1.807) is 25.1 Å². The molecule has 1 aromatic carbocycles. The number of ether oxygens (including phenoxy) is 1. The second kappa shape index (κ2) is 7.19. The molecule has 0 radical (unpaired) electrons. The molecule has 7 nitrogen and oxygen atoms in total. The van der Waals surface area contributed by atoms with Crippen molar-refractivity contribution < 1.29 is 27.3 Å². The average molecular weight is 289 g/mol. The lowest BCUT2D eigenvalue weighted by Crippen LogP contribution is -2.40. The lowest BCUT2D eigenvalue weighted by atomic mass is 10.2. The number of carbonyl (C=O) groups excluding carboxylic acids is 1. The zero-order valence-electron chi connectivity index (χ0n) is 10.3. The smallest absolute Gasteiger partial charge is 0.356 e. The van der Waals surface area contributed by atoms with E-state index in [1.165, 1.54) is 12.1 Å². The van der Waals surface area contributed by atoms with E-state index in [0.717, 1.165) is 0 Å². The Morgan fingerprint density at radius 1 is 1.37 bits per heavy atom. The third-order valence-electron chi connectivity index (χ3n) is 2.00. The summed E-state index contributed by atoms with van der Waals surface area (Å²) in [6.45, 7) is 1.84. The molecule has 2 N–H and O–H groups in total. The van der Waals surface area contributed by atoms with Crippen molar-refractivity contribution in [2.75, 3.05) is 6.61 Å². The highest BCUT2D eigenvalue weighted by molar-refractivity contribution is 7.86. The van der Waals surface area contributed by atoms with Crippen LogP contribution in [0, 0.1) is 0 Å². The molecule has 0 heterocycles. The minimum Gasteiger partial charge on any atom is -0.363 e. The Hall–Kier alpha value is -1.48. The van der Waals surface area contributed by atoms with E-state index in [1.807, 2.05) is 5.48 Å². The highest BCUT2D eigenvalue weighted by Crippen LogP contribution is 2.03. The standard InChI is InChI=1S/C11H15NO6S/c1-2-8-17-11(19(14,15)16)12-18-10(13)9-6-4-3-5-7-9/h3-7,11-12H,2,8H2,1H3,(H,14,15,16). The molecule has 0 saturated heterocycles. The van der Waals surface area contributed by atoms with Crippen LogP contribution in [-0.4, -0.2) is 31.1 Å². The quantitative estimate of drug-likeness (QED) is 0.437. The molecule has 0 aliphatic carbocycles. The first-order chi connectivity index (χ1) is 8.95. The molecule has 0 fully saturated rings. The second-order valence-corrected chi connectivity index (χ2v) is 5.05. The van der Waals surface area contributed by atoms with E-state index >= 15 is 0 Å². The second-order valence-electron chi connectivity index (χ2n) is 3.59. The van der Waals surface area contributed by atoms with Gasteiger partial charge in [0.15, 0.2) is 0 Å².